The van der Waals surface area contributed by atoms with Crippen LogP contribution in [0.2, 0.25) is 5.02 Å². The first kappa shape index (κ1) is 20.9. The van der Waals surface area contributed by atoms with E-state index in [0.717, 1.165) is 24.5 Å². The molecule has 1 aromatic carbocycles. The number of halogens is 3. The van der Waals surface area contributed by atoms with Crippen molar-refractivity contribution in [3.63, 3.8) is 0 Å². The zero-order valence-corrected chi connectivity index (χ0v) is 18.1. The maximum atomic E-state index is 14.1. The molecule has 1 aromatic heterocycles. The molecule has 1 heterocycles. The summed E-state index contributed by atoms with van der Waals surface area (Å²) in [5, 5.41) is 12.0. The van der Waals surface area contributed by atoms with E-state index in [1.807, 2.05) is 30.5 Å². The fourth-order valence-corrected chi connectivity index (χ4v) is 2.64. The van der Waals surface area contributed by atoms with E-state index < -0.39 is 0 Å². The van der Waals surface area contributed by atoms with E-state index in [4.69, 9.17) is 11.6 Å². The van der Waals surface area contributed by atoms with E-state index in [0.29, 0.717) is 35.7 Å². The molecule has 1 saturated carbocycles. The molecule has 0 atom stereocenters. The van der Waals surface area contributed by atoms with Gasteiger partial charge in [0.15, 0.2) is 11.8 Å². The Balaban J connectivity index is 0.00000243. The van der Waals surface area contributed by atoms with Crippen LogP contribution in [0.4, 0.5) is 4.39 Å². The van der Waals surface area contributed by atoms with Crippen LogP contribution in [0.3, 0.4) is 0 Å². The van der Waals surface area contributed by atoms with Gasteiger partial charge in [-0.15, -0.1) is 34.2 Å². The Morgan fingerprint density at radius 2 is 2.15 bits per heavy atom. The SMILES string of the molecule is Cc1nnc(CN=C(NC2CC2)N(C)Cc2c(F)cccc2Cl)n1C.I. The van der Waals surface area contributed by atoms with E-state index in [1.165, 1.54) is 6.07 Å². The van der Waals surface area contributed by atoms with Gasteiger partial charge in [-0.1, -0.05) is 17.7 Å². The van der Waals surface area contributed by atoms with Gasteiger partial charge in [0.2, 0.25) is 0 Å². The fraction of sp³-hybridized carbons (Fsp3) is 0.471. The summed E-state index contributed by atoms with van der Waals surface area (Å²) in [4.78, 5) is 6.53. The van der Waals surface area contributed by atoms with Crippen molar-refractivity contribution in [1.29, 1.82) is 0 Å². The Kier molecular flexibility index (Phi) is 7.22. The highest BCUT2D eigenvalue weighted by Gasteiger charge is 2.24. The minimum atomic E-state index is -0.311. The lowest BCUT2D eigenvalue weighted by atomic mass is 10.2. The molecule has 0 amide bonds. The normalized spacial score (nSPS) is 14.1. The Morgan fingerprint density at radius 3 is 2.73 bits per heavy atom. The van der Waals surface area contributed by atoms with E-state index >= 15 is 0 Å². The van der Waals surface area contributed by atoms with Gasteiger partial charge in [-0.3, -0.25) is 0 Å². The Hall–Kier alpha value is -1.42. The van der Waals surface area contributed by atoms with Crippen molar-refractivity contribution < 1.29 is 4.39 Å². The number of aromatic nitrogens is 3. The number of guanidine groups is 1. The molecular weight excluding hydrogens is 470 g/mol. The maximum Gasteiger partial charge on any atom is 0.194 e. The van der Waals surface area contributed by atoms with Gasteiger partial charge in [-0.25, -0.2) is 9.38 Å². The maximum absolute atomic E-state index is 14.1. The first-order valence-corrected chi connectivity index (χ1v) is 8.63. The van der Waals surface area contributed by atoms with E-state index in [2.05, 4.69) is 20.5 Å². The summed E-state index contributed by atoms with van der Waals surface area (Å²) >= 11 is 6.14. The second-order valence-electron chi connectivity index (χ2n) is 6.34. The number of hydrogen-bond donors (Lipinski definition) is 1. The summed E-state index contributed by atoms with van der Waals surface area (Å²) in [6, 6.07) is 5.15. The molecule has 1 aliphatic rings. The predicted octanol–water partition coefficient (Wildman–Crippen LogP) is 3.27. The van der Waals surface area contributed by atoms with Crippen LogP contribution in [-0.4, -0.2) is 38.7 Å². The number of nitrogens with one attached hydrogen (secondary N) is 1. The molecule has 142 valence electrons. The predicted molar refractivity (Wildman–Crippen MR) is 111 cm³/mol. The molecular formula is C17H23ClFIN6. The van der Waals surface area contributed by atoms with Crippen molar-refractivity contribution in [2.45, 2.75) is 38.9 Å². The minimum absolute atomic E-state index is 0. The van der Waals surface area contributed by atoms with Crippen LogP contribution in [0.1, 0.15) is 30.1 Å². The average molecular weight is 493 g/mol. The Bertz CT molecular complexity index is 769. The first-order chi connectivity index (χ1) is 12.0. The van der Waals surface area contributed by atoms with Crippen LogP contribution >= 0.6 is 35.6 Å². The topological polar surface area (TPSA) is 58.3 Å². The van der Waals surface area contributed by atoms with Crippen molar-refractivity contribution in [3.8, 4) is 0 Å². The molecule has 1 aliphatic carbocycles. The van der Waals surface area contributed by atoms with Crippen molar-refractivity contribution in [1.82, 2.24) is 25.0 Å². The third kappa shape index (κ3) is 5.06. The molecule has 0 radical (unpaired) electrons. The van der Waals surface area contributed by atoms with E-state index in [9.17, 15) is 4.39 Å². The zero-order chi connectivity index (χ0) is 18.0. The molecule has 0 aliphatic heterocycles. The molecule has 2 aromatic rings. The number of aliphatic imine (C=N–C) groups is 1. The molecule has 26 heavy (non-hydrogen) atoms. The van der Waals surface area contributed by atoms with Gasteiger partial charge in [0.1, 0.15) is 18.2 Å². The first-order valence-electron chi connectivity index (χ1n) is 8.25. The summed E-state index contributed by atoms with van der Waals surface area (Å²) in [5.41, 5.74) is 0.464. The van der Waals surface area contributed by atoms with Gasteiger partial charge in [-0.05, 0) is 31.9 Å². The second-order valence-corrected chi connectivity index (χ2v) is 6.74. The Labute approximate surface area is 174 Å². The lowest BCUT2D eigenvalue weighted by Gasteiger charge is -2.23. The minimum Gasteiger partial charge on any atom is -0.353 e. The highest BCUT2D eigenvalue weighted by Crippen LogP contribution is 2.22. The Morgan fingerprint density at radius 1 is 1.42 bits per heavy atom. The molecule has 1 N–H and O–H groups in total. The number of nitrogens with zero attached hydrogens (tertiary/aromatic N) is 5. The summed E-state index contributed by atoms with van der Waals surface area (Å²) in [7, 11) is 3.79. The molecule has 0 saturated heterocycles. The van der Waals surface area contributed by atoms with Gasteiger partial charge < -0.3 is 14.8 Å². The summed E-state index contributed by atoms with van der Waals surface area (Å²) in [6.45, 7) is 2.64. The van der Waals surface area contributed by atoms with Gasteiger partial charge in [0.25, 0.3) is 0 Å². The van der Waals surface area contributed by atoms with Crippen molar-refractivity contribution in [2.24, 2.45) is 12.0 Å². The van der Waals surface area contributed by atoms with Crippen LogP contribution in [0.5, 0.6) is 0 Å². The van der Waals surface area contributed by atoms with Crippen molar-refractivity contribution >= 4 is 41.5 Å². The molecule has 0 unspecified atom stereocenters. The van der Waals surface area contributed by atoms with Crippen LogP contribution in [0, 0.1) is 12.7 Å². The smallest absolute Gasteiger partial charge is 0.194 e. The number of aryl methyl sites for hydroxylation is 1. The molecule has 6 nitrogen and oxygen atoms in total. The summed E-state index contributed by atoms with van der Waals surface area (Å²) in [5.74, 6) is 2.02. The highest BCUT2D eigenvalue weighted by atomic mass is 127. The van der Waals surface area contributed by atoms with Crippen LogP contribution < -0.4 is 5.32 Å². The van der Waals surface area contributed by atoms with E-state index in [-0.39, 0.29) is 29.8 Å². The molecule has 3 rings (SSSR count). The number of rotatable bonds is 5. The van der Waals surface area contributed by atoms with Gasteiger partial charge in [0, 0.05) is 37.3 Å². The van der Waals surface area contributed by atoms with Gasteiger partial charge in [-0.2, -0.15) is 0 Å². The van der Waals surface area contributed by atoms with Crippen molar-refractivity contribution in [2.75, 3.05) is 7.05 Å². The number of hydrogen-bond acceptors (Lipinski definition) is 3. The van der Waals surface area contributed by atoms with Crippen LogP contribution in [0.15, 0.2) is 23.2 Å². The lowest BCUT2D eigenvalue weighted by molar-refractivity contribution is 0.458. The quantitative estimate of drug-likeness (QED) is 0.395. The van der Waals surface area contributed by atoms with Crippen LogP contribution in [-0.2, 0) is 20.1 Å². The third-order valence-electron chi connectivity index (χ3n) is 4.28. The molecule has 0 bridgehead atoms. The molecule has 0 spiro atoms. The van der Waals surface area contributed by atoms with Crippen LogP contribution in [0.25, 0.3) is 0 Å². The standard InChI is InChI=1S/C17H22ClFN6.HI/c1-11-22-23-16(25(11)3)9-20-17(21-12-7-8-12)24(2)10-13-14(18)5-4-6-15(13)19;/h4-6,12H,7-10H2,1-3H3,(H,20,21);1H. The zero-order valence-electron chi connectivity index (χ0n) is 15.0. The third-order valence-corrected chi connectivity index (χ3v) is 4.64. The molecule has 1 fully saturated rings. The van der Waals surface area contributed by atoms with Gasteiger partial charge in [0.05, 0.1) is 0 Å². The highest BCUT2D eigenvalue weighted by molar-refractivity contribution is 14.0. The number of benzene rings is 1. The van der Waals surface area contributed by atoms with Crippen molar-refractivity contribution in [3.05, 3.63) is 46.3 Å². The lowest BCUT2D eigenvalue weighted by Crippen LogP contribution is -2.40. The average Bonchev–Trinajstić information content (AvgIpc) is 3.34. The summed E-state index contributed by atoms with van der Waals surface area (Å²) in [6.07, 6.45) is 2.24. The largest absolute Gasteiger partial charge is 0.353 e. The fourth-order valence-electron chi connectivity index (χ4n) is 2.42. The van der Waals surface area contributed by atoms with E-state index in [1.54, 1.807) is 12.1 Å². The molecule has 9 heteroatoms. The monoisotopic (exact) mass is 492 g/mol. The second kappa shape index (κ2) is 8.98. The van der Waals surface area contributed by atoms with Gasteiger partial charge >= 0.3 is 0 Å². The summed E-state index contributed by atoms with van der Waals surface area (Å²) < 4.78 is 16.0.